The lowest BCUT2D eigenvalue weighted by molar-refractivity contribution is -0.121. The topological polar surface area (TPSA) is 35.6 Å². The van der Waals surface area contributed by atoms with Crippen LogP contribution in [-0.2, 0) is 4.79 Å². The molecule has 1 saturated heterocycles. The number of aryl methyl sites for hydroxylation is 1. The Kier molecular flexibility index (Phi) is 7.00. The Hall–Kier alpha value is -3.11. The van der Waals surface area contributed by atoms with Gasteiger partial charge in [-0.15, -0.1) is 0 Å². The van der Waals surface area contributed by atoms with Crippen molar-refractivity contribution in [3.8, 4) is 0 Å². The van der Waals surface area contributed by atoms with Gasteiger partial charge in [0.2, 0.25) is 5.91 Å². The van der Waals surface area contributed by atoms with Gasteiger partial charge in [-0.05, 0) is 35.7 Å². The van der Waals surface area contributed by atoms with Crippen LogP contribution in [-0.4, -0.2) is 43.5 Å². The molecule has 1 amide bonds. The highest BCUT2D eigenvalue weighted by Crippen LogP contribution is 2.22. The van der Waals surface area contributed by atoms with Crippen LogP contribution in [0.3, 0.4) is 0 Å². The van der Waals surface area contributed by atoms with E-state index in [1.807, 2.05) is 36.4 Å². The van der Waals surface area contributed by atoms with Crippen molar-refractivity contribution in [3.05, 3.63) is 102 Å². The minimum atomic E-state index is -0.118. The minimum absolute atomic E-state index is 0.0961. The highest BCUT2D eigenvalue weighted by molar-refractivity contribution is 5.77. The molecule has 0 radical (unpaired) electrons. The van der Waals surface area contributed by atoms with Gasteiger partial charge in [-0.2, -0.15) is 0 Å². The monoisotopic (exact) mass is 413 g/mol. The molecule has 0 bridgehead atoms. The van der Waals surface area contributed by atoms with Gasteiger partial charge in [-0.1, -0.05) is 72.8 Å². The van der Waals surface area contributed by atoms with Gasteiger partial charge in [0.25, 0.3) is 0 Å². The largest absolute Gasteiger partial charge is 0.369 e. The highest BCUT2D eigenvalue weighted by atomic mass is 16.1. The van der Waals surface area contributed by atoms with Crippen LogP contribution in [0.4, 0.5) is 5.69 Å². The van der Waals surface area contributed by atoms with Crippen molar-refractivity contribution in [2.45, 2.75) is 19.4 Å². The second kappa shape index (κ2) is 10.3. The Morgan fingerprint density at radius 1 is 0.839 bits per heavy atom. The molecule has 0 unspecified atom stereocenters. The molecule has 4 heteroatoms. The zero-order valence-electron chi connectivity index (χ0n) is 18.2. The van der Waals surface area contributed by atoms with E-state index in [2.05, 4.69) is 70.6 Å². The third kappa shape index (κ3) is 5.74. The first-order valence-electron chi connectivity index (χ1n) is 11.1. The number of hydrogen-bond acceptors (Lipinski definition) is 3. The average molecular weight is 414 g/mol. The number of hydrogen-bond donors (Lipinski definition) is 1. The Labute approximate surface area is 185 Å². The first kappa shape index (κ1) is 21.1. The molecular formula is C27H31N3O. The summed E-state index contributed by atoms with van der Waals surface area (Å²) >= 11 is 0. The fourth-order valence-corrected chi connectivity index (χ4v) is 4.20. The van der Waals surface area contributed by atoms with Gasteiger partial charge < -0.3 is 10.2 Å². The summed E-state index contributed by atoms with van der Waals surface area (Å²) in [5.74, 6) is 0.0961. The lowest BCUT2D eigenvalue weighted by atomic mass is 9.98. The molecule has 1 N–H and O–H groups in total. The van der Waals surface area contributed by atoms with Crippen LogP contribution in [0.5, 0.6) is 0 Å². The fourth-order valence-electron chi connectivity index (χ4n) is 4.20. The Morgan fingerprint density at radius 3 is 2.03 bits per heavy atom. The van der Waals surface area contributed by atoms with Crippen LogP contribution in [0.2, 0.25) is 0 Å². The van der Waals surface area contributed by atoms with E-state index < -0.39 is 0 Å². The van der Waals surface area contributed by atoms with Crippen LogP contribution in [0, 0.1) is 6.92 Å². The van der Waals surface area contributed by atoms with Gasteiger partial charge >= 0.3 is 0 Å². The van der Waals surface area contributed by atoms with Gasteiger partial charge in [0.05, 0.1) is 6.04 Å². The van der Waals surface area contributed by atoms with Crippen molar-refractivity contribution in [2.24, 2.45) is 0 Å². The smallest absolute Gasteiger partial charge is 0.222 e. The van der Waals surface area contributed by atoms with Crippen LogP contribution in [0.15, 0.2) is 84.9 Å². The van der Waals surface area contributed by atoms with E-state index in [0.29, 0.717) is 6.42 Å². The molecule has 160 valence electrons. The van der Waals surface area contributed by atoms with Crippen LogP contribution in [0.25, 0.3) is 0 Å². The zero-order chi connectivity index (χ0) is 21.5. The Morgan fingerprint density at radius 2 is 1.45 bits per heavy atom. The molecule has 1 aliphatic heterocycles. The third-order valence-corrected chi connectivity index (χ3v) is 5.97. The highest BCUT2D eigenvalue weighted by Gasteiger charge is 2.20. The predicted octanol–water partition coefficient (Wildman–Crippen LogP) is 4.41. The lowest BCUT2D eigenvalue weighted by Crippen LogP contribution is -2.47. The molecule has 0 atom stereocenters. The van der Waals surface area contributed by atoms with Gasteiger partial charge in [0.1, 0.15) is 0 Å². The van der Waals surface area contributed by atoms with E-state index in [1.165, 1.54) is 11.3 Å². The summed E-state index contributed by atoms with van der Waals surface area (Å²) in [5.41, 5.74) is 4.80. The summed E-state index contributed by atoms with van der Waals surface area (Å²) in [4.78, 5) is 17.6. The van der Waals surface area contributed by atoms with Crippen molar-refractivity contribution < 1.29 is 4.79 Å². The summed E-state index contributed by atoms with van der Waals surface area (Å²) in [6.45, 7) is 6.91. The molecule has 1 fully saturated rings. The second-order valence-corrected chi connectivity index (χ2v) is 8.24. The molecule has 4 rings (SSSR count). The predicted molar refractivity (Wildman–Crippen MR) is 127 cm³/mol. The maximum absolute atomic E-state index is 12.8. The fraction of sp³-hybridized carbons (Fsp3) is 0.296. The van der Waals surface area contributed by atoms with E-state index in [0.717, 1.165) is 43.9 Å². The molecular weight excluding hydrogens is 382 g/mol. The number of piperazine rings is 1. The molecule has 3 aromatic rings. The molecule has 0 spiro atoms. The van der Waals surface area contributed by atoms with Gasteiger partial charge in [0, 0.05) is 44.8 Å². The van der Waals surface area contributed by atoms with Crippen molar-refractivity contribution in [3.63, 3.8) is 0 Å². The Balaban J connectivity index is 1.30. The first-order valence-corrected chi connectivity index (χ1v) is 11.1. The molecule has 31 heavy (non-hydrogen) atoms. The third-order valence-electron chi connectivity index (χ3n) is 5.97. The average Bonchev–Trinajstić information content (AvgIpc) is 2.83. The number of amides is 1. The number of anilines is 1. The summed E-state index contributed by atoms with van der Waals surface area (Å²) in [6, 6.07) is 28.9. The van der Waals surface area contributed by atoms with E-state index in [4.69, 9.17) is 0 Å². The molecule has 4 nitrogen and oxygen atoms in total. The molecule has 1 aliphatic rings. The van der Waals surface area contributed by atoms with E-state index in [9.17, 15) is 4.79 Å². The summed E-state index contributed by atoms with van der Waals surface area (Å²) in [7, 11) is 0. The van der Waals surface area contributed by atoms with Gasteiger partial charge in [-0.25, -0.2) is 0 Å². The van der Waals surface area contributed by atoms with Crippen molar-refractivity contribution in [1.29, 1.82) is 0 Å². The molecule has 0 aromatic heterocycles. The van der Waals surface area contributed by atoms with Gasteiger partial charge in [-0.3, -0.25) is 9.69 Å². The summed E-state index contributed by atoms with van der Waals surface area (Å²) < 4.78 is 0. The van der Waals surface area contributed by atoms with Crippen molar-refractivity contribution in [2.75, 3.05) is 37.6 Å². The van der Waals surface area contributed by atoms with Crippen LogP contribution >= 0.6 is 0 Å². The first-order chi connectivity index (χ1) is 15.2. The normalized spacial score (nSPS) is 14.6. The quantitative estimate of drug-likeness (QED) is 0.623. The Bertz CT molecular complexity index is 927. The van der Waals surface area contributed by atoms with Crippen LogP contribution in [0.1, 0.15) is 29.2 Å². The maximum atomic E-state index is 12.8. The molecule has 1 heterocycles. The number of carbonyl (C=O) groups is 1. The number of nitrogens with one attached hydrogen (secondary N) is 1. The number of carbonyl (C=O) groups excluding carboxylic acids is 1. The van der Waals surface area contributed by atoms with E-state index in [1.54, 1.807) is 0 Å². The van der Waals surface area contributed by atoms with Crippen molar-refractivity contribution in [1.82, 2.24) is 10.2 Å². The van der Waals surface area contributed by atoms with E-state index >= 15 is 0 Å². The van der Waals surface area contributed by atoms with Crippen LogP contribution < -0.4 is 10.2 Å². The lowest BCUT2D eigenvalue weighted by Gasteiger charge is -2.36. The van der Waals surface area contributed by atoms with Gasteiger partial charge in [0.15, 0.2) is 0 Å². The SMILES string of the molecule is Cc1cccc(N2CCN(CCC(=O)NC(c3ccccc3)c3ccccc3)CC2)c1. The maximum Gasteiger partial charge on any atom is 0.222 e. The number of benzene rings is 3. The number of nitrogens with zero attached hydrogens (tertiary/aromatic N) is 2. The van der Waals surface area contributed by atoms with E-state index in [-0.39, 0.29) is 11.9 Å². The standard InChI is InChI=1S/C27H31N3O/c1-22-9-8-14-25(21-22)30-19-17-29(18-20-30)16-15-26(31)28-27(23-10-4-2-5-11-23)24-12-6-3-7-13-24/h2-14,21,27H,15-20H2,1H3,(H,28,31). The summed E-state index contributed by atoms with van der Waals surface area (Å²) in [5, 5.41) is 3.25. The molecule has 0 saturated carbocycles. The second-order valence-electron chi connectivity index (χ2n) is 8.24. The summed E-state index contributed by atoms with van der Waals surface area (Å²) in [6.07, 6.45) is 0.514. The number of rotatable bonds is 7. The molecule has 0 aliphatic carbocycles. The zero-order valence-corrected chi connectivity index (χ0v) is 18.2. The minimum Gasteiger partial charge on any atom is -0.369 e. The molecule has 3 aromatic carbocycles. The van der Waals surface area contributed by atoms with Crippen molar-refractivity contribution >= 4 is 11.6 Å².